The van der Waals surface area contributed by atoms with Crippen molar-refractivity contribution in [2.24, 2.45) is 0 Å². The van der Waals surface area contributed by atoms with E-state index in [1.54, 1.807) is 24.3 Å². The number of carbonyl (C=O) groups excluding carboxylic acids is 1. The molecule has 3 aromatic rings. The van der Waals surface area contributed by atoms with E-state index in [0.29, 0.717) is 24.0 Å². The molecule has 1 N–H and O–H groups in total. The minimum absolute atomic E-state index is 0.206. The topological polar surface area (TPSA) is 54.4 Å². The van der Waals surface area contributed by atoms with Gasteiger partial charge >= 0.3 is 5.97 Å². The van der Waals surface area contributed by atoms with Gasteiger partial charge in [-0.25, -0.2) is 13.6 Å². The van der Waals surface area contributed by atoms with Crippen LogP contribution in [-0.2, 0) is 6.42 Å². The number of carboxylic acids is 1. The van der Waals surface area contributed by atoms with Crippen LogP contribution < -0.4 is 0 Å². The molecule has 0 radical (unpaired) electrons. The average Bonchev–Trinajstić information content (AvgIpc) is 3.10. The van der Waals surface area contributed by atoms with E-state index in [4.69, 9.17) is 5.11 Å². The normalized spacial score (nSPS) is 10.7. The van der Waals surface area contributed by atoms with Crippen LogP contribution in [0, 0.1) is 11.6 Å². The Kier molecular flexibility index (Phi) is 5.76. The Bertz CT molecular complexity index is 995. The van der Waals surface area contributed by atoms with Gasteiger partial charge in [-0.1, -0.05) is 12.1 Å². The maximum Gasteiger partial charge on any atom is 0.345 e. The molecule has 0 aliphatic rings. The summed E-state index contributed by atoms with van der Waals surface area (Å²) in [5.41, 5.74) is 1.19. The lowest BCUT2D eigenvalue weighted by atomic mass is 9.99. The zero-order valence-electron chi connectivity index (χ0n) is 14.2. The first-order valence-electron chi connectivity index (χ1n) is 8.34. The summed E-state index contributed by atoms with van der Waals surface area (Å²) in [5.74, 6) is -2.15. The van der Waals surface area contributed by atoms with E-state index in [9.17, 15) is 18.4 Å². The minimum Gasteiger partial charge on any atom is -0.477 e. The molecule has 138 valence electrons. The van der Waals surface area contributed by atoms with E-state index >= 15 is 0 Å². The third-order valence-electron chi connectivity index (χ3n) is 4.08. The van der Waals surface area contributed by atoms with Crippen molar-refractivity contribution in [1.29, 1.82) is 0 Å². The number of aryl methyl sites for hydroxylation is 1. The number of hydrogen-bond acceptors (Lipinski definition) is 3. The van der Waals surface area contributed by atoms with E-state index in [-0.39, 0.29) is 22.6 Å². The van der Waals surface area contributed by atoms with Crippen molar-refractivity contribution in [1.82, 2.24) is 0 Å². The van der Waals surface area contributed by atoms with Gasteiger partial charge in [0.25, 0.3) is 0 Å². The van der Waals surface area contributed by atoms with Crippen LogP contribution in [-0.4, -0.2) is 16.9 Å². The van der Waals surface area contributed by atoms with Crippen molar-refractivity contribution in [2.75, 3.05) is 0 Å². The van der Waals surface area contributed by atoms with Crippen LogP contribution in [0.15, 0.2) is 54.6 Å². The molecule has 0 amide bonds. The maximum absolute atomic E-state index is 13.9. The Balaban J connectivity index is 1.68. The van der Waals surface area contributed by atoms with Crippen LogP contribution in [0.3, 0.4) is 0 Å². The first kappa shape index (κ1) is 18.9. The molecule has 0 atom stereocenters. The average molecular weight is 386 g/mol. The van der Waals surface area contributed by atoms with E-state index in [0.717, 1.165) is 4.88 Å². The second-order valence-electron chi connectivity index (χ2n) is 6.09. The number of hydrogen-bond donors (Lipinski definition) is 1. The quantitative estimate of drug-likeness (QED) is 0.538. The van der Waals surface area contributed by atoms with Crippen LogP contribution in [0.2, 0.25) is 0 Å². The van der Waals surface area contributed by atoms with E-state index in [2.05, 4.69) is 0 Å². The number of carboxylic acid groups (broad SMARTS) is 1. The van der Waals surface area contributed by atoms with Gasteiger partial charge in [0.1, 0.15) is 16.5 Å². The van der Waals surface area contributed by atoms with Crippen molar-refractivity contribution >= 4 is 23.1 Å². The molecule has 3 rings (SSSR count). The van der Waals surface area contributed by atoms with Gasteiger partial charge in [0.05, 0.1) is 0 Å². The molecule has 0 bridgehead atoms. The SMILES string of the molecule is O=C(CCCc1ccc(C(=O)O)s1)c1cc(F)cc(-c2cccc(F)c2)c1. The summed E-state index contributed by atoms with van der Waals surface area (Å²) in [6.45, 7) is 0. The maximum atomic E-state index is 13.9. The largest absolute Gasteiger partial charge is 0.477 e. The molecular formula is C21H16F2O3S. The Morgan fingerprint density at radius 1 is 0.926 bits per heavy atom. The fourth-order valence-corrected chi connectivity index (χ4v) is 3.67. The Morgan fingerprint density at radius 2 is 1.70 bits per heavy atom. The fraction of sp³-hybridized carbons (Fsp3) is 0.143. The summed E-state index contributed by atoms with van der Waals surface area (Å²) in [5, 5.41) is 8.92. The van der Waals surface area contributed by atoms with Gasteiger partial charge in [-0.15, -0.1) is 11.3 Å². The molecule has 1 aromatic heterocycles. The molecule has 1 heterocycles. The zero-order chi connectivity index (χ0) is 19.4. The first-order chi connectivity index (χ1) is 12.9. The molecule has 0 aliphatic carbocycles. The molecule has 6 heteroatoms. The molecular weight excluding hydrogens is 370 g/mol. The summed E-state index contributed by atoms with van der Waals surface area (Å²) in [7, 11) is 0. The monoisotopic (exact) mass is 386 g/mol. The third-order valence-corrected chi connectivity index (χ3v) is 5.21. The second kappa shape index (κ2) is 8.22. The molecule has 0 saturated carbocycles. The number of thiophene rings is 1. The number of carbonyl (C=O) groups is 2. The van der Waals surface area contributed by atoms with Gasteiger partial charge in [0.2, 0.25) is 0 Å². The number of rotatable bonds is 7. The summed E-state index contributed by atoms with van der Waals surface area (Å²) < 4.78 is 27.3. The summed E-state index contributed by atoms with van der Waals surface area (Å²) in [6, 6.07) is 13.1. The fourth-order valence-electron chi connectivity index (χ4n) is 2.78. The smallest absolute Gasteiger partial charge is 0.345 e. The predicted octanol–water partition coefficient (Wildman–Crippen LogP) is 5.60. The molecule has 0 aliphatic heterocycles. The lowest BCUT2D eigenvalue weighted by Crippen LogP contribution is -2.01. The first-order valence-corrected chi connectivity index (χ1v) is 9.16. The van der Waals surface area contributed by atoms with E-state index < -0.39 is 17.6 Å². The molecule has 0 spiro atoms. The minimum atomic E-state index is -0.966. The highest BCUT2D eigenvalue weighted by Gasteiger charge is 2.12. The van der Waals surface area contributed by atoms with Crippen molar-refractivity contribution in [3.05, 3.63) is 81.5 Å². The van der Waals surface area contributed by atoms with Crippen molar-refractivity contribution in [3.63, 3.8) is 0 Å². The molecule has 0 unspecified atom stereocenters. The summed E-state index contributed by atoms with van der Waals surface area (Å²) >= 11 is 1.19. The van der Waals surface area contributed by atoms with Gasteiger partial charge in [-0.05, 0) is 66.4 Å². The van der Waals surface area contributed by atoms with E-state index in [1.807, 2.05) is 0 Å². The van der Waals surface area contributed by atoms with E-state index in [1.165, 1.54) is 41.7 Å². The summed E-state index contributed by atoms with van der Waals surface area (Å²) in [6.07, 6.45) is 1.33. The highest BCUT2D eigenvalue weighted by molar-refractivity contribution is 7.13. The van der Waals surface area contributed by atoms with Crippen LogP contribution in [0.1, 0.15) is 37.7 Å². The highest BCUT2D eigenvalue weighted by Crippen LogP contribution is 2.24. The lowest BCUT2D eigenvalue weighted by molar-refractivity contribution is 0.0702. The molecule has 0 saturated heterocycles. The number of benzene rings is 2. The van der Waals surface area contributed by atoms with Crippen LogP contribution in [0.5, 0.6) is 0 Å². The molecule has 27 heavy (non-hydrogen) atoms. The molecule has 2 aromatic carbocycles. The van der Waals surface area contributed by atoms with Gasteiger partial charge < -0.3 is 5.11 Å². The van der Waals surface area contributed by atoms with Gasteiger partial charge in [-0.3, -0.25) is 4.79 Å². The molecule has 3 nitrogen and oxygen atoms in total. The van der Waals surface area contributed by atoms with Crippen LogP contribution in [0.4, 0.5) is 8.78 Å². The number of aromatic carboxylic acids is 1. The van der Waals surface area contributed by atoms with Crippen molar-refractivity contribution in [3.8, 4) is 11.1 Å². The van der Waals surface area contributed by atoms with Crippen LogP contribution >= 0.6 is 11.3 Å². The van der Waals surface area contributed by atoms with Crippen molar-refractivity contribution in [2.45, 2.75) is 19.3 Å². The Labute approximate surface area is 158 Å². The van der Waals surface area contributed by atoms with Crippen molar-refractivity contribution < 1.29 is 23.5 Å². The van der Waals surface area contributed by atoms with Crippen LogP contribution in [0.25, 0.3) is 11.1 Å². The highest BCUT2D eigenvalue weighted by atomic mass is 32.1. The number of halogens is 2. The van der Waals surface area contributed by atoms with Gasteiger partial charge in [-0.2, -0.15) is 0 Å². The van der Waals surface area contributed by atoms with Gasteiger partial charge in [0.15, 0.2) is 5.78 Å². The number of ketones is 1. The summed E-state index contributed by atoms with van der Waals surface area (Å²) in [4.78, 5) is 24.5. The zero-order valence-corrected chi connectivity index (χ0v) is 15.1. The lowest BCUT2D eigenvalue weighted by Gasteiger charge is -2.06. The number of Topliss-reactive ketones (excluding diaryl/α,β-unsaturated/α-hetero) is 1. The molecule has 0 fully saturated rings. The third kappa shape index (κ3) is 4.86. The second-order valence-corrected chi connectivity index (χ2v) is 7.26. The van der Waals surface area contributed by atoms with Gasteiger partial charge in [0, 0.05) is 16.9 Å². The predicted molar refractivity (Wildman–Crippen MR) is 100 cm³/mol. The standard InChI is InChI=1S/C21H16F2O3S/c22-16-4-1-3-13(10-16)14-9-15(12-17(23)11-14)19(24)6-2-5-18-7-8-20(27-18)21(25)26/h1,3-4,7-12H,2,5-6H2,(H,25,26). The Morgan fingerprint density at radius 3 is 2.41 bits per heavy atom. The Hall–Kier alpha value is -2.86.